The highest BCUT2D eigenvalue weighted by Crippen LogP contribution is 2.14. The summed E-state index contributed by atoms with van der Waals surface area (Å²) < 4.78 is 5.57. The number of ether oxygens (including phenoxy) is 1. The molecule has 0 bridgehead atoms. The number of hydrogen-bond donors (Lipinski definition) is 1. The summed E-state index contributed by atoms with van der Waals surface area (Å²) in [5.41, 5.74) is 1.19. The van der Waals surface area contributed by atoms with Crippen LogP contribution in [0.2, 0.25) is 0 Å². The summed E-state index contributed by atoms with van der Waals surface area (Å²) in [6.07, 6.45) is 7.74. The second kappa shape index (κ2) is 7.41. The minimum absolute atomic E-state index is 0.345. The highest BCUT2D eigenvalue weighted by atomic mass is 16.5. The molecule has 0 unspecified atom stereocenters. The van der Waals surface area contributed by atoms with Crippen molar-refractivity contribution in [2.75, 3.05) is 6.61 Å². The fourth-order valence-corrected chi connectivity index (χ4v) is 1.94. The molecule has 19 heavy (non-hydrogen) atoms. The normalized spacial score (nSPS) is 10.3. The van der Waals surface area contributed by atoms with Gasteiger partial charge >= 0.3 is 0 Å². The second-order valence-corrected chi connectivity index (χ2v) is 4.52. The first kappa shape index (κ1) is 13.4. The summed E-state index contributed by atoms with van der Waals surface area (Å²) in [5, 5.41) is 9.35. The standard InChI is InChI=1S/C16H19NO2/c18-15-8-4-7-14(12-15)6-2-1-3-11-19-16-9-5-10-17-13-16/h4-5,7-10,12-13,18H,1-3,6,11H2. The summed E-state index contributed by atoms with van der Waals surface area (Å²) in [7, 11) is 0. The Morgan fingerprint density at radius 2 is 2.00 bits per heavy atom. The second-order valence-electron chi connectivity index (χ2n) is 4.52. The zero-order valence-corrected chi connectivity index (χ0v) is 11.0. The third-order valence-electron chi connectivity index (χ3n) is 2.92. The third kappa shape index (κ3) is 5.00. The molecule has 3 heteroatoms. The van der Waals surface area contributed by atoms with Crippen LogP contribution in [0.25, 0.3) is 0 Å². The molecule has 0 aliphatic rings. The van der Waals surface area contributed by atoms with Crippen molar-refractivity contribution in [1.29, 1.82) is 0 Å². The topological polar surface area (TPSA) is 42.4 Å². The number of aromatic nitrogens is 1. The summed E-state index contributed by atoms with van der Waals surface area (Å²) in [6.45, 7) is 0.728. The molecular weight excluding hydrogens is 238 g/mol. The van der Waals surface area contributed by atoms with E-state index in [0.29, 0.717) is 5.75 Å². The molecule has 0 spiro atoms. The Morgan fingerprint density at radius 1 is 1.05 bits per heavy atom. The number of phenolic OH excluding ortho intramolecular Hbond substituents is 1. The van der Waals surface area contributed by atoms with Gasteiger partial charge in [-0.25, -0.2) is 0 Å². The van der Waals surface area contributed by atoms with E-state index < -0.39 is 0 Å². The maximum absolute atomic E-state index is 9.35. The van der Waals surface area contributed by atoms with Crippen LogP contribution in [0.15, 0.2) is 48.8 Å². The molecule has 2 aromatic rings. The van der Waals surface area contributed by atoms with Gasteiger partial charge in [-0.15, -0.1) is 0 Å². The predicted molar refractivity (Wildman–Crippen MR) is 75.4 cm³/mol. The van der Waals surface area contributed by atoms with E-state index in [2.05, 4.69) is 4.98 Å². The van der Waals surface area contributed by atoms with E-state index in [1.807, 2.05) is 30.3 Å². The molecule has 0 atom stereocenters. The van der Waals surface area contributed by atoms with Crippen molar-refractivity contribution in [3.63, 3.8) is 0 Å². The van der Waals surface area contributed by atoms with Gasteiger partial charge in [0.05, 0.1) is 12.8 Å². The maximum Gasteiger partial charge on any atom is 0.137 e. The molecule has 100 valence electrons. The van der Waals surface area contributed by atoms with E-state index >= 15 is 0 Å². The number of hydrogen-bond acceptors (Lipinski definition) is 3. The number of nitrogens with zero attached hydrogens (tertiary/aromatic N) is 1. The molecule has 0 aliphatic heterocycles. The van der Waals surface area contributed by atoms with Crippen LogP contribution in [0, 0.1) is 0 Å². The summed E-state index contributed by atoms with van der Waals surface area (Å²) in [6, 6.07) is 11.2. The molecule has 0 aliphatic carbocycles. The number of pyridine rings is 1. The number of unbranched alkanes of at least 4 members (excludes halogenated alkanes) is 2. The van der Waals surface area contributed by atoms with E-state index in [4.69, 9.17) is 4.74 Å². The Labute approximate surface area is 113 Å². The Kier molecular flexibility index (Phi) is 5.23. The molecule has 1 heterocycles. The van der Waals surface area contributed by atoms with Crippen molar-refractivity contribution in [2.24, 2.45) is 0 Å². The van der Waals surface area contributed by atoms with Crippen molar-refractivity contribution < 1.29 is 9.84 Å². The highest BCUT2D eigenvalue weighted by Gasteiger charge is 1.96. The molecule has 0 amide bonds. The first-order valence-corrected chi connectivity index (χ1v) is 6.65. The van der Waals surface area contributed by atoms with Crippen LogP contribution in [-0.2, 0) is 6.42 Å². The van der Waals surface area contributed by atoms with Crippen LogP contribution in [0.1, 0.15) is 24.8 Å². The molecule has 1 aromatic carbocycles. The Balaban J connectivity index is 1.58. The van der Waals surface area contributed by atoms with E-state index in [0.717, 1.165) is 38.0 Å². The molecule has 1 N–H and O–H groups in total. The summed E-state index contributed by atoms with van der Waals surface area (Å²) >= 11 is 0. The van der Waals surface area contributed by atoms with Crippen molar-refractivity contribution in [3.8, 4) is 11.5 Å². The van der Waals surface area contributed by atoms with Gasteiger partial charge in [0.1, 0.15) is 11.5 Å². The summed E-state index contributed by atoms with van der Waals surface area (Å²) in [5.74, 6) is 1.17. The van der Waals surface area contributed by atoms with Gasteiger partial charge in [-0.2, -0.15) is 0 Å². The largest absolute Gasteiger partial charge is 0.508 e. The molecular formula is C16H19NO2. The van der Waals surface area contributed by atoms with Crippen LogP contribution in [0.5, 0.6) is 11.5 Å². The minimum atomic E-state index is 0.345. The fourth-order valence-electron chi connectivity index (χ4n) is 1.94. The van der Waals surface area contributed by atoms with E-state index in [1.54, 1.807) is 18.5 Å². The Morgan fingerprint density at radius 3 is 2.79 bits per heavy atom. The first-order valence-electron chi connectivity index (χ1n) is 6.65. The van der Waals surface area contributed by atoms with Crippen LogP contribution in [0.3, 0.4) is 0 Å². The van der Waals surface area contributed by atoms with Crippen LogP contribution in [-0.4, -0.2) is 16.7 Å². The number of benzene rings is 1. The maximum atomic E-state index is 9.35. The number of phenols is 1. The van der Waals surface area contributed by atoms with Crippen molar-refractivity contribution in [3.05, 3.63) is 54.4 Å². The lowest BCUT2D eigenvalue weighted by molar-refractivity contribution is 0.304. The molecule has 0 saturated heterocycles. The number of aromatic hydroxyl groups is 1. The van der Waals surface area contributed by atoms with Gasteiger partial charge < -0.3 is 9.84 Å². The Hall–Kier alpha value is -2.03. The zero-order chi connectivity index (χ0) is 13.3. The molecule has 1 aromatic heterocycles. The smallest absolute Gasteiger partial charge is 0.137 e. The minimum Gasteiger partial charge on any atom is -0.508 e. The quantitative estimate of drug-likeness (QED) is 0.771. The predicted octanol–water partition coefficient (Wildman–Crippen LogP) is 3.58. The first-order chi connectivity index (χ1) is 9.34. The number of aryl methyl sites for hydroxylation is 1. The van der Waals surface area contributed by atoms with Gasteiger partial charge in [0.2, 0.25) is 0 Å². The number of rotatable bonds is 7. The van der Waals surface area contributed by atoms with Crippen molar-refractivity contribution >= 4 is 0 Å². The van der Waals surface area contributed by atoms with Crippen LogP contribution < -0.4 is 4.74 Å². The Bertz CT molecular complexity index is 485. The monoisotopic (exact) mass is 257 g/mol. The van der Waals surface area contributed by atoms with Crippen LogP contribution >= 0.6 is 0 Å². The van der Waals surface area contributed by atoms with Crippen molar-refractivity contribution in [1.82, 2.24) is 4.98 Å². The highest BCUT2D eigenvalue weighted by molar-refractivity contribution is 5.27. The lowest BCUT2D eigenvalue weighted by Crippen LogP contribution is -1.97. The van der Waals surface area contributed by atoms with Gasteiger partial charge in [0.25, 0.3) is 0 Å². The van der Waals surface area contributed by atoms with E-state index in [-0.39, 0.29) is 0 Å². The van der Waals surface area contributed by atoms with Gasteiger partial charge in [0.15, 0.2) is 0 Å². The molecule has 3 nitrogen and oxygen atoms in total. The molecule has 0 radical (unpaired) electrons. The summed E-state index contributed by atoms with van der Waals surface area (Å²) in [4.78, 5) is 4.00. The van der Waals surface area contributed by atoms with Crippen LogP contribution in [0.4, 0.5) is 0 Å². The van der Waals surface area contributed by atoms with E-state index in [1.165, 1.54) is 5.56 Å². The van der Waals surface area contributed by atoms with Gasteiger partial charge in [-0.3, -0.25) is 4.98 Å². The molecule has 0 fully saturated rings. The lowest BCUT2D eigenvalue weighted by atomic mass is 10.1. The fraction of sp³-hybridized carbons (Fsp3) is 0.312. The van der Waals surface area contributed by atoms with Crippen molar-refractivity contribution in [2.45, 2.75) is 25.7 Å². The molecule has 2 rings (SSSR count). The molecule has 0 saturated carbocycles. The third-order valence-corrected chi connectivity index (χ3v) is 2.92. The zero-order valence-electron chi connectivity index (χ0n) is 11.0. The average Bonchev–Trinajstić information content (AvgIpc) is 2.44. The lowest BCUT2D eigenvalue weighted by Gasteiger charge is -2.05. The van der Waals surface area contributed by atoms with E-state index in [9.17, 15) is 5.11 Å². The van der Waals surface area contributed by atoms with Gasteiger partial charge in [0, 0.05) is 6.20 Å². The van der Waals surface area contributed by atoms with Gasteiger partial charge in [-0.1, -0.05) is 12.1 Å². The SMILES string of the molecule is Oc1cccc(CCCCCOc2cccnc2)c1. The average molecular weight is 257 g/mol. The van der Waals surface area contributed by atoms with Gasteiger partial charge in [-0.05, 0) is 55.5 Å².